The van der Waals surface area contributed by atoms with Crippen molar-refractivity contribution in [3.05, 3.63) is 35.4 Å². The third-order valence-corrected chi connectivity index (χ3v) is 2.69. The van der Waals surface area contributed by atoms with Crippen molar-refractivity contribution in [2.45, 2.75) is 13.3 Å². The van der Waals surface area contributed by atoms with E-state index in [-0.39, 0.29) is 11.6 Å². The molecule has 0 aliphatic carbocycles. The minimum Gasteiger partial charge on any atom is -0.316 e. The van der Waals surface area contributed by atoms with Gasteiger partial charge in [-0.15, -0.1) is 0 Å². The highest BCUT2D eigenvalue weighted by atomic mass is 19.1. The SMILES string of the molecule is CCNCCN(C)CCc1cc(F)ccc1F. The summed E-state index contributed by atoms with van der Waals surface area (Å²) in [6.07, 6.45) is 0.534. The molecule has 2 nitrogen and oxygen atoms in total. The van der Waals surface area contributed by atoms with Crippen molar-refractivity contribution < 1.29 is 8.78 Å². The van der Waals surface area contributed by atoms with Crippen LogP contribution in [-0.2, 0) is 6.42 Å². The molecule has 0 aliphatic heterocycles. The smallest absolute Gasteiger partial charge is 0.126 e. The molecule has 0 atom stereocenters. The molecule has 0 aliphatic rings. The fourth-order valence-electron chi connectivity index (χ4n) is 1.60. The summed E-state index contributed by atoms with van der Waals surface area (Å²) in [6, 6.07) is 3.60. The highest BCUT2D eigenvalue weighted by Gasteiger charge is 2.05. The maximum absolute atomic E-state index is 13.3. The maximum Gasteiger partial charge on any atom is 0.126 e. The Labute approximate surface area is 102 Å². The summed E-state index contributed by atoms with van der Waals surface area (Å²) in [5.74, 6) is -0.705. The topological polar surface area (TPSA) is 15.3 Å². The first-order chi connectivity index (χ1) is 8.13. The monoisotopic (exact) mass is 242 g/mol. The van der Waals surface area contributed by atoms with Crippen LogP contribution in [0.4, 0.5) is 8.78 Å². The largest absolute Gasteiger partial charge is 0.316 e. The van der Waals surface area contributed by atoms with Crippen molar-refractivity contribution in [2.75, 3.05) is 33.2 Å². The Morgan fingerprint density at radius 2 is 2.00 bits per heavy atom. The van der Waals surface area contributed by atoms with Crippen molar-refractivity contribution in [2.24, 2.45) is 0 Å². The molecular weight excluding hydrogens is 222 g/mol. The number of nitrogens with one attached hydrogen (secondary N) is 1. The summed E-state index contributed by atoms with van der Waals surface area (Å²) in [6.45, 7) is 5.56. The van der Waals surface area contributed by atoms with E-state index >= 15 is 0 Å². The number of hydrogen-bond donors (Lipinski definition) is 1. The van der Waals surface area contributed by atoms with Gasteiger partial charge in [-0.2, -0.15) is 0 Å². The predicted octanol–water partition coefficient (Wildman–Crippen LogP) is 2.05. The molecule has 4 heteroatoms. The molecule has 1 N–H and O–H groups in total. The van der Waals surface area contributed by atoms with Crippen LogP contribution in [0.1, 0.15) is 12.5 Å². The van der Waals surface area contributed by atoms with Crippen LogP contribution in [0, 0.1) is 11.6 Å². The molecule has 0 amide bonds. The van der Waals surface area contributed by atoms with E-state index in [1.807, 2.05) is 7.05 Å². The molecule has 0 bridgehead atoms. The van der Waals surface area contributed by atoms with Gasteiger partial charge in [0.05, 0.1) is 0 Å². The molecule has 0 spiro atoms. The normalized spacial score (nSPS) is 11.1. The van der Waals surface area contributed by atoms with Gasteiger partial charge in [0.2, 0.25) is 0 Å². The van der Waals surface area contributed by atoms with Crippen molar-refractivity contribution in [3.8, 4) is 0 Å². The summed E-state index contributed by atoms with van der Waals surface area (Å²) < 4.78 is 26.3. The third kappa shape index (κ3) is 5.24. The minimum atomic E-state index is -0.378. The standard InChI is InChI=1S/C13H20F2N2/c1-3-16-7-9-17(2)8-6-11-10-12(14)4-5-13(11)15/h4-5,10,16H,3,6-9H2,1-2H3. The van der Waals surface area contributed by atoms with Crippen LogP contribution in [0.5, 0.6) is 0 Å². The number of nitrogens with zero attached hydrogens (tertiary/aromatic N) is 1. The first-order valence-electron chi connectivity index (χ1n) is 5.96. The second kappa shape index (κ2) is 7.35. The van der Waals surface area contributed by atoms with E-state index in [4.69, 9.17) is 0 Å². The Morgan fingerprint density at radius 1 is 1.24 bits per heavy atom. The zero-order valence-electron chi connectivity index (χ0n) is 10.5. The molecule has 96 valence electrons. The summed E-state index contributed by atoms with van der Waals surface area (Å²) >= 11 is 0. The Kier molecular flexibility index (Phi) is 6.08. The number of hydrogen-bond acceptors (Lipinski definition) is 2. The first-order valence-corrected chi connectivity index (χ1v) is 5.96. The van der Waals surface area contributed by atoms with Crippen LogP contribution >= 0.6 is 0 Å². The fourth-order valence-corrected chi connectivity index (χ4v) is 1.60. The molecule has 17 heavy (non-hydrogen) atoms. The van der Waals surface area contributed by atoms with Crippen LogP contribution < -0.4 is 5.32 Å². The number of likely N-dealkylation sites (N-methyl/N-ethyl adjacent to an activating group) is 2. The lowest BCUT2D eigenvalue weighted by Gasteiger charge is -2.16. The molecule has 0 radical (unpaired) electrons. The maximum atomic E-state index is 13.3. The van der Waals surface area contributed by atoms with Crippen molar-refractivity contribution >= 4 is 0 Å². The van der Waals surface area contributed by atoms with E-state index in [2.05, 4.69) is 17.1 Å². The molecule has 1 rings (SSSR count). The molecular formula is C13H20F2N2. The van der Waals surface area contributed by atoms with Crippen molar-refractivity contribution in [3.63, 3.8) is 0 Å². The number of rotatable bonds is 7. The van der Waals surface area contributed by atoms with Crippen LogP contribution in [0.3, 0.4) is 0 Å². The van der Waals surface area contributed by atoms with E-state index in [0.29, 0.717) is 12.0 Å². The summed E-state index contributed by atoms with van der Waals surface area (Å²) in [4.78, 5) is 2.10. The summed E-state index contributed by atoms with van der Waals surface area (Å²) in [5, 5.41) is 3.22. The van der Waals surface area contributed by atoms with Gasteiger partial charge in [0.25, 0.3) is 0 Å². The summed E-state index contributed by atoms with van der Waals surface area (Å²) in [7, 11) is 1.98. The van der Waals surface area contributed by atoms with Crippen LogP contribution in [0.15, 0.2) is 18.2 Å². The third-order valence-electron chi connectivity index (χ3n) is 2.69. The molecule has 1 aromatic carbocycles. The lowest BCUT2D eigenvalue weighted by Crippen LogP contribution is -2.30. The quantitative estimate of drug-likeness (QED) is 0.736. The van der Waals surface area contributed by atoms with Crippen molar-refractivity contribution in [1.29, 1.82) is 0 Å². The molecule has 0 aromatic heterocycles. The molecule has 0 saturated heterocycles. The Bertz CT molecular complexity index is 342. The molecule has 0 unspecified atom stereocenters. The number of halogens is 2. The second-order valence-electron chi connectivity index (χ2n) is 4.14. The van der Waals surface area contributed by atoms with Crippen LogP contribution in [0.25, 0.3) is 0 Å². The lowest BCUT2D eigenvalue weighted by molar-refractivity contribution is 0.335. The Morgan fingerprint density at radius 3 is 2.71 bits per heavy atom. The van der Waals surface area contributed by atoms with Crippen LogP contribution in [-0.4, -0.2) is 38.1 Å². The van der Waals surface area contributed by atoms with Gasteiger partial charge in [0.1, 0.15) is 11.6 Å². The van der Waals surface area contributed by atoms with E-state index < -0.39 is 0 Å². The Hall–Kier alpha value is -1.00. The van der Waals surface area contributed by atoms with Gasteiger partial charge in [-0.05, 0) is 43.8 Å². The highest BCUT2D eigenvalue weighted by molar-refractivity contribution is 5.18. The second-order valence-corrected chi connectivity index (χ2v) is 4.14. The number of benzene rings is 1. The average molecular weight is 242 g/mol. The van der Waals surface area contributed by atoms with E-state index in [1.165, 1.54) is 12.1 Å². The van der Waals surface area contributed by atoms with Gasteiger partial charge in [0.15, 0.2) is 0 Å². The van der Waals surface area contributed by atoms with E-state index in [0.717, 1.165) is 32.2 Å². The van der Waals surface area contributed by atoms with Gasteiger partial charge in [-0.3, -0.25) is 0 Å². The highest BCUT2D eigenvalue weighted by Crippen LogP contribution is 2.10. The zero-order chi connectivity index (χ0) is 12.7. The molecule has 1 aromatic rings. The van der Waals surface area contributed by atoms with Gasteiger partial charge in [0, 0.05) is 19.6 Å². The van der Waals surface area contributed by atoms with Crippen molar-refractivity contribution in [1.82, 2.24) is 10.2 Å². The molecule has 0 fully saturated rings. The minimum absolute atomic E-state index is 0.327. The molecule has 0 heterocycles. The zero-order valence-corrected chi connectivity index (χ0v) is 10.5. The summed E-state index contributed by atoms with van der Waals surface area (Å²) in [5.41, 5.74) is 0.445. The van der Waals surface area contributed by atoms with Gasteiger partial charge < -0.3 is 10.2 Å². The van der Waals surface area contributed by atoms with Gasteiger partial charge in [-0.1, -0.05) is 6.92 Å². The predicted molar refractivity (Wildman–Crippen MR) is 66.1 cm³/mol. The van der Waals surface area contributed by atoms with Gasteiger partial charge >= 0.3 is 0 Å². The van der Waals surface area contributed by atoms with E-state index in [9.17, 15) is 8.78 Å². The fraction of sp³-hybridized carbons (Fsp3) is 0.538. The van der Waals surface area contributed by atoms with E-state index in [1.54, 1.807) is 0 Å². The lowest BCUT2D eigenvalue weighted by atomic mass is 10.1. The Balaban J connectivity index is 2.36. The first kappa shape index (κ1) is 14.1. The van der Waals surface area contributed by atoms with Crippen LogP contribution in [0.2, 0.25) is 0 Å². The molecule has 0 saturated carbocycles. The average Bonchev–Trinajstić information content (AvgIpc) is 2.31. The van der Waals surface area contributed by atoms with Gasteiger partial charge in [-0.25, -0.2) is 8.78 Å².